The Morgan fingerprint density at radius 1 is 1.14 bits per heavy atom. The van der Waals surface area contributed by atoms with Crippen molar-refractivity contribution in [1.82, 2.24) is 0 Å². The van der Waals surface area contributed by atoms with Crippen molar-refractivity contribution in [3.8, 4) is 0 Å². The van der Waals surface area contributed by atoms with Gasteiger partial charge in [0, 0.05) is 10.6 Å². The van der Waals surface area contributed by atoms with E-state index in [-0.39, 0.29) is 5.91 Å². The molecule has 1 aromatic heterocycles. The van der Waals surface area contributed by atoms with Crippen LogP contribution in [0.15, 0.2) is 30.3 Å². The van der Waals surface area contributed by atoms with Gasteiger partial charge in [0.15, 0.2) is 6.10 Å². The molecule has 2 atom stereocenters. The third-order valence-electron chi connectivity index (χ3n) is 5.46. The molecule has 4 nitrogen and oxygen atoms in total. The number of thiophene rings is 1. The number of esters is 1. The summed E-state index contributed by atoms with van der Waals surface area (Å²) in [4.78, 5) is 27.0. The lowest BCUT2D eigenvalue weighted by atomic mass is 9.97. The van der Waals surface area contributed by atoms with Crippen LogP contribution in [0.3, 0.4) is 0 Å². The van der Waals surface area contributed by atoms with E-state index in [4.69, 9.17) is 4.74 Å². The van der Waals surface area contributed by atoms with Crippen LogP contribution in [0, 0.1) is 0 Å². The minimum atomic E-state index is -0.848. The fourth-order valence-corrected chi connectivity index (χ4v) is 4.67. The Morgan fingerprint density at radius 3 is 2.68 bits per heavy atom. The summed E-state index contributed by atoms with van der Waals surface area (Å²) < 4.78 is 5.47. The van der Waals surface area contributed by atoms with E-state index in [1.54, 1.807) is 6.92 Å². The summed E-state index contributed by atoms with van der Waals surface area (Å²) in [6.45, 7) is 5.88. The predicted molar refractivity (Wildman–Crippen MR) is 114 cm³/mol. The number of nitrogens with one attached hydrogen (secondary N) is 1. The van der Waals surface area contributed by atoms with Crippen LogP contribution in [0.2, 0.25) is 0 Å². The van der Waals surface area contributed by atoms with Crippen molar-refractivity contribution in [2.24, 2.45) is 0 Å². The van der Waals surface area contributed by atoms with Gasteiger partial charge in [-0.15, -0.1) is 11.3 Å². The van der Waals surface area contributed by atoms with Gasteiger partial charge in [-0.1, -0.05) is 38.5 Å². The number of carbonyl (C=O) groups is 2. The number of ether oxygens (including phenoxy) is 1. The standard InChI is InChI=1S/C23H29NO3S/c1-4-15(2)18-11-8-9-12-19(18)24-22(25)16(3)27-23(26)21-14-17-10-6-5-7-13-20(17)28-21/h8-9,11-12,14-16H,4-7,10,13H2,1-3H3,(H,24,25)/t15-,16-/m0/s1. The van der Waals surface area contributed by atoms with Gasteiger partial charge >= 0.3 is 5.97 Å². The number of benzene rings is 1. The summed E-state index contributed by atoms with van der Waals surface area (Å²) in [5.41, 5.74) is 3.15. The maximum atomic E-state index is 12.6. The zero-order valence-corrected chi connectivity index (χ0v) is 17.7. The Bertz CT molecular complexity index is 819. The minimum Gasteiger partial charge on any atom is -0.448 e. The predicted octanol–water partition coefficient (Wildman–Crippen LogP) is 5.71. The highest BCUT2D eigenvalue weighted by Crippen LogP contribution is 2.30. The van der Waals surface area contributed by atoms with Crippen molar-refractivity contribution >= 4 is 28.9 Å². The van der Waals surface area contributed by atoms with Crippen LogP contribution in [0.25, 0.3) is 0 Å². The van der Waals surface area contributed by atoms with Crippen molar-refractivity contribution < 1.29 is 14.3 Å². The van der Waals surface area contributed by atoms with Gasteiger partial charge in [-0.2, -0.15) is 0 Å². The Labute approximate surface area is 171 Å². The summed E-state index contributed by atoms with van der Waals surface area (Å²) in [5.74, 6) is -0.367. The second-order valence-corrected chi connectivity index (χ2v) is 8.69. The SMILES string of the molecule is CC[C@H](C)c1ccccc1NC(=O)[C@H](C)OC(=O)c1cc2c(s1)CCCCC2. The zero-order valence-electron chi connectivity index (χ0n) is 16.9. The average molecular weight is 400 g/mol. The van der Waals surface area contributed by atoms with Crippen LogP contribution < -0.4 is 5.32 Å². The second kappa shape index (κ2) is 9.37. The molecule has 0 aliphatic heterocycles. The number of carbonyl (C=O) groups excluding carboxylic acids is 2. The van der Waals surface area contributed by atoms with E-state index in [2.05, 4.69) is 19.2 Å². The van der Waals surface area contributed by atoms with E-state index < -0.39 is 12.1 Å². The normalized spacial score (nSPS) is 15.8. The van der Waals surface area contributed by atoms with Crippen LogP contribution >= 0.6 is 11.3 Å². The van der Waals surface area contributed by atoms with Crippen molar-refractivity contribution in [2.75, 3.05) is 5.32 Å². The highest BCUT2D eigenvalue weighted by atomic mass is 32.1. The molecule has 150 valence electrons. The number of hydrogen-bond donors (Lipinski definition) is 1. The van der Waals surface area contributed by atoms with E-state index >= 15 is 0 Å². The molecule has 0 saturated heterocycles. The molecule has 0 bridgehead atoms. The van der Waals surface area contributed by atoms with Gasteiger partial charge in [0.1, 0.15) is 4.88 Å². The number of hydrogen-bond acceptors (Lipinski definition) is 4. The van der Waals surface area contributed by atoms with Gasteiger partial charge in [-0.3, -0.25) is 4.79 Å². The summed E-state index contributed by atoms with van der Waals surface area (Å²) in [6.07, 6.45) is 5.80. The number of aryl methyl sites for hydroxylation is 2. The number of anilines is 1. The van der Waals surface area contributed by atoms with Crippen LogP contribution in [0.4, 0.5) is 5.69 Å². The third-order valence-corrected chi connectivity index (χ3v) is 6.68. The molecule has 2 aromatic rings. The molecule has 0 spiro atoms. The van der Waals surface area contributed by atoms with Crippen LogP contribution in [-0.4, -0.2) is 18.0 Å². The van der Waals surface area contributed by atoms with E-state index in [0.717, 1.165) is 30.5 Å². The zero-order chi connectivity index (χ0) is 20.1. The van der Waals surface area contributed by atoms with Gasteiger partial charge in [-0.05, 0) is 68.2 Å². The largest absolute Gasteiger partial charge is 0.448 e. The van der Waals surface area contributed by atoms with Crippen molar-refractivity contribution in [1.29, 1.82) is 0 Å². The molecule has 1 aliphatic carbocycles. The number of fused-ring (bicyclic) bond motifs is 1. The number of para-hydroxylation sites is 1. The van der Waals surface area contributed by atoms with Gasteiger partial charge in [-0.25, -0.2) is 4.79 Å². The van der Waals surface area contributed by atoms with Crippen LogP contribution in [0.5, 0.6) is 0 Å². The molecule has 5 heteroatoms. The van der Waals surface area contributed by atoms with E-state index in [1.165, 1.54) is 41.0 Å². The third kappa shape index (κ3) is 4.82. The molecule has 0 unspecified atom stereocenters. The first kappa shape index (κ1) is 20.6. The highest BCUT2D eigenvalue weighted by molar-refractivity contribution is 7.14. The summed E-state index contributed by atoms with van der Waals surface area (Å²) in [6, 6.07) is 9.75. The number of rotatable bonds is 6. The van der Waals surface area contributed by atoms with E-state index in [9.17, 15) is 9.59 Å². The van der Waals surface area contributed by atoms with Crippen molar-refractivity contribution in [3.63, 3.8) is 0 Å². The topological polar surface area (TPSA) is 55.4 Å². The molecular formula is C23H29NO3S. The molecule has 0 radical (unpaired) electrons. The summed E-state index contributed by atoms with van der Waals surface area (Å²) >= 11 is 1.52. The Balaban J connectivity index is 1.64. The molecule has 28 heavy (non-hydrogen) atoms. The first-order valence-corrected chi connectivity index (χ1v) is 11.0. The monoisotopic (exact) mass is 399 g/mol. The molecule has 1 N–H and O–H groups in total. The minimum absolute atomic E-state index is 0.303. The van der Waals surface area contributed by atoms with Gasteiger partial charge in [0.25, 0.3) is 5.91 Å². The molecule has 3 rings (SSSR count). The van der Waals surface area contributed by atoms with Gasteiger partial charge in [0.05, 0.1) is 0 Å². The van der Waals surface area contributed by atoms with Crippen molar-refractivity contribution in [2.45, 2.75) is 71.3 Å². The fourth-order valence-electron chi connectivity index (χ4n) is 3.54. The van der Waals surface area contributed by atoms with Crippen LogP contribution in [-0.2, 0) is 22.4 Å². The Morgan fingerprint density at radius 2 is 1.89 bits per heavy atom. The molecule has 1 aliphatic rings. The highest BCUT2D eigenvalue weighted by Gasteiger charge is 2.23. The summed E-state index contributed by atoms with van der Waals surface area (Å²) in [5, 5.41) is 2.93. The van der Waals surface area contributed by atoms with Gasteiger partial charge in [0.2, 0.25) is 0 Å². The Hall–Kier alpha value is -2.14. The maximum Gasteiger partial charge on any atom is 0.349 e. The first-order chi connectivity index (χ1) is 13.5. The second-order valence-electron chi connectivity index (χ2n) is 7.55. The Kier molecular flexibility index (Phi) is 6.89. The van der Waals surface area contributed by atoms with Gasteiger partial charge < -0.3 is 10.1 Å². The molecule has 1 amide bonds. The first-order valence-electron chi connectivity index (χ1n) is 10.2. The molecule has 0 fully saturated rings. The lowest BCUT2D eigenvalue weighted by molar-refractivity contribution is -0.123. The molecule has 1 heterocycles. The molecule has 0 saturated carbocycles. The average Bonchev–Trinajstić information content (AvgIpc) is 2.98. The lowest BCUT2D eigenvalue weighted by Gasteiger charge is -2.18. The van der Waals surface area contributed by atoms with Crippen molar-refractivity contribution in [3.05, 3.63) is 51.2 Å². The van der Waals surface area contributed by atoms with E-state index in [1.807, 2.05) is 30.3 Å². The number of amides is 1. The molecular weight excluding hydrogens is 370 g/mol. The molecule has 1 aromatic carbocycles. The maximum absolute atomic E-state index is 12.6. The smallest absolute Gasteiger partial charge is 0.349 e. The fraction of sp³-hybridized carbons (Fsp3) is 0.478. The quantitative estimate of drug-likeness (QED) is 0.500. The summed E-state index contributed by atoms with van der Waals surface area (Å²) in [7, 11) is 0. The van der Waals surface area contributed by atoms with Crippen LogP contribution in [0.1, 0.15) is 78.0 Å². The van der Waals surface area contributed by atoms with E-state index in [0.29, 0.717) is 10.8 Å². The lowest BCUT2D eigenvalue weighted by Crippen LogP contribution is -2.30.